The van der Waals surface area contributed by atoms with Gasteiger partial charge >= 0.3 is 5.97 Å². The van der Waals surface area contributed by atoms with Crippen molar-refractivity contribution in [1.29, 1.82) is 0 Å². The molecule has 0 heterocycles. The van der Waals surface area contributed by atoms with E-state index in [1.807, 2.05) is 12.1 Å². The predicted molar refractivity (Wildman–Crippen MR) is 61.1 cm³/mol. The molecule has 3 nitrogen and oxygen atoms in total. The molecule has 1 aromatic rings. The molecule has 4 heteroatoms. The Labute approximate surface area is 97.5 Å². The molecule has 0 aliphatic carbocycles. The van der Waals surface area contributed by atoms with Crippen molar-refractivity contribution in [3.63, 3.8) is 0 Å². The van der Waals surface area contributed by atoms with Crippen LogP contribution >= 0.6 is 15.9 Å². The van der Waals surface area contributed by atoms with Crippen molar-refractivity contribution in [1.82, 2.24) is 0 Å². The molecule has 82 valence electrons. The van der Waals surface area contributed by atoms with Gasteiger partial charge in [0.15, 0.2) is 0 Å². The van der Waals surface area contributed by atoms with Crippen molar-refractivity contribution in [2.24, 2.45) is 0 Å². The van der Waals surface area contributed by atoms with Crippen molar-refractivity contribution in [2.45, 2.75) is 11.9 Å². The van der Waals surface area contributed by atoms with Gasteiger partial charge in [0.25, 0.3) is 0 Å². The third-order valence-corrected chi connectivity index (χ3v) is 2.79. The summed E-state index contributed by atoms with van der Waals surface area (Å²) in [5.74, 6) is -0.299. The molecule has 0 saturated carbocycles. The standard InChI is InChI=1S/C11H13BrO3/c1-3-15-11(13)9-6-4-8(5-7-9)10(12)14-2/h4-7,10H,3H2,1-2H3. The number of hydrogen-bond acceptors (Lipinski definition) is 3. The Bertz CT molecular complexity index is 321. The van der Waals surface area contributed by atoms with Gasteiger partial charge in [-0.3, -0.25) is 0 Å². The van der Waals surface area contributed by atoms with Gasteiger partial charge in [-0.05, 0) is 24.6 Å². The molecule has 0 aliphatic rings. The highest BCUT2D eigenvalue weighted by molar-refractivity contribution is 9.09. The number of carbonyl (C=O) groups excluding carboxylic acids is 1. The first-order valence-electron chi connectivity index (χ1n) is 4.63. The van der Waals surface area contributed by atoms with E-state index < -0.39 is 0 Å². The zero-order valence-corrected chi connectivity index (χ0v) is 10.3. The zero-order valence-electron chi connectivity index (χ0n) is 8.70. The summed E-state index contributed by atoms with van der Waals surface area (Å²) in [4.78, 5) is 11.3. The van der Waals surface area contributed by atoms with Crippen molar-refractivity contribution in [2.75, 3.05) is 13.7 Å². The number of methoxy groups -OCH3 is 1. The fourth-order valence-corrected chi connectivity index (χ4v) is 1.43. The number of rotatable bonds is 4. The first-order chi connectivity index (χ1) is 7.19. The molecule has 0 bridgehead atoms. The van der Waals surface area contributed by atoms with Crippen LogP contribution < -0.4 is 0 Å². The van der Waals surface area contributed by atoms with E-state index in [1.165, 1.54) is 0 Å². The van der Waals surface area contributed by atoms with Crippen molar-refractivity contribution in [3.8, 4) is 0 Å². The van der Waals surface area contributed by atoms with Crippen LogP contribution in [0.4, 0.5) is 0 Å². The normalized spacial score (nSPS) is 12.2. The Morgan fingerprint density at radius 2 is 2.00 bits per heavy atom. The van der Waals surface area contributed by atoms with Gasteiger partial charge in [0.2, 0.25) is 0 Å². The molecule has 0 spiro atoms. The van der Waals surface area contributed by atoms with E-state index in [2.05, 4.69) is 15.9 Å². The van der Waals surface area contributed by atoms with Crippen LogP contribution in [0.1, 0.15) is 27.9 Å². The Kier molecular flexibility index (Phi) is 4.78. The molecule has 0 fully saturated rings. The SMILES string of the molecule is CCOC(=O)c1ccc(C(Br)OC)cc1. The molecular formula is C11H13BrO3. The number of halogens is 1. The van der Waals surface area contributed by atoms with Gasteiger partial charge in [-0.25, -0.2) is 4.79 Å². The number of esters is 1. The first kappa shape index (κ1) is 12.2. The van der Waals surface area contributed by atoms with Gasteiger partial charge in [-0.15, -0.1) is 0 Å². The summed E-state index contributed by atoms with van der Waals surface area (Å²) >= 11 is 3.34. The van der Waals surface area contributed by atoms with Crippen molar-refractivity contribution >= 4 is 21.9 Å². The van der Waals surface area contributed by atoms with E-state index in [0.29, 0.717) is 12.2 Å². The van der Waals surface area contributed by atoms with Gasteiger partial charge in [0, 0.05) is 7.11 Å². The van der Waals surface area contributed by atoms with Gasteiger partial charge in [-0.2, -0.15) is 0 Å². The van der Waals surface area contributed by atoms with E-state index >= 15 is 0 Å². The highest BCUT2D eigenvalue weighted by Gasteiger charge is 2.08. The lowest BCUT2D eigenvalue weighted by atomic mass is 10.1. The second-order valence-corrected chi connectivity index (χ2v) is 3.73. The summed E-state index contributed by atoms with van der Waals surface area (Å²) in [7, 11) is 1.61. The summed E-state index contributed by atoms with van der Waals surface area (Å²) in [6.45, 7) is 2.17. The Morgan fingerprint density at radius 3 is 2.47 bits per heavy atom. The lowest BCUT2D eigenvalue weighted by Gasteiger charge is -2.08. The summed E-state index contributed by atoms with van der Waals surface area (Å²) in [6.07, 6.45) is 0. The van der Waals surface area contributed by atoms with Gasteiger partial charge in [0.05, 0.1) is 12.2 Å². The minimum atomic E-state index is -0.299. The Hall–Kier alpha value is -0.870. The van der Waals surface area contributed by atoms with Crippen LogP contribution in [0.5, 0.6) is 0 Å². The number of alkyl halides is 1. The highest BCUT2D eigenvalue weighted by Crippen LogP contribution is 2.23. The number of ether oxygens (including phenoxy) is 2. The maximum absolute atomic E-state index is 11.3. The fraction of sp³-hybridized carbons (Fsp3) is 0.364. The molecule has 1 atom stereocenters. The van der Waals surface area contributed by atoms with Crippen LogP contribution in [0.3, 0.4) is 0 Å². The summed E-state index contributed by atoms with van der Waals surface area (Å²) in [5.41, 5.74) is 1.52. The molecule has 0 saturated heterocycles. The molecule has 0 amide bonds. The third-order valence-electron chi connectivity index (χ3n) is 1.89. The van der Waals surface area contributed by atoms with Crippen LogP contribution in [0, 0.1) is 0 Å². The summed E-state index contributed by atoms with van der Waals surface area (Å²) < 4.78 is 9.96. The van der Waals surface area contributed by atoms with Crippen molar-refractivity contribution < 1.29 is 14.3 Å². The first-order valence-corrected chi connectivity index (χ1v) is 5.54. The minimum absolute atomic E-state index is 0.145. The minimum Gasteiger partial charge on any atom is -0.462 e. The maximum Gasteiger partial charge on any atom is 0.338 e. The average molecular weight is 273 g/mol. The third kappa shape index (κ3) is 3.32. The van der Waals surface area contributed by atoms with E-state index in [4.69, 9.17) is 9.47 Å². The summed E-state index contributed by atoms with van der Waals surface area (Å²) in [5, 5.41) is -0.145. The Morgan fingerprint density at radius 1 is 1.40 bits per heavy atom. The number of benzene rings is 1. The largest absolute Gasteiger partial charge is 0.462 e. The second kappa shape index (κ2) is 5.88. The van der Waals surface area contributed by atoms with Crippen LogP contribution in [-0.4, -0.2) is 19.7 Å². The second-order valence-electron chi connectivity index (χ2n) is 2.89. The van der Waals surface area contributed by atoms with Gasteiger partial charge in [-0.1, -0.05) is 28.1 Å². The lowest BCUT2D eigenvalue weighted by molar-refractivity contribution is 0.0526. The Balaban J connectivity index is 2.76. The summed E-state index contributed by atoms with van der Waals surface area (Å²) in [6, 6.07) is 7.10. The van der Waals surface area contributed by atoms with Gasteiger partial charge in [0.1, 0.15) is 5.01 Å². The lowest BCUT2D eigenvalue weighted by Crippen LogP contribution is -2.04. The van der Waals surface area contributed by atoms with Crippen LogP contribution in [0.2, 0.25) is 0 Å². The smallest absolute Gasteiger partial charge is 0.338 e. The number of carbonyl (C=O) groups is 1. The topological polar surface area (TPSA) is 35.5 Å². The van der Waals surface area contributed by atoms with E-state index in [1.54, 1.807) is 26.2 Å². The quantitative estimate of drug-likeness (QED) is 0.625. The van der Waals surface area contributed by atoms with Crippen LogP contribution in [-0.2, 0) is 9.47 Å². The van der Waals surface area contributed by atoms with Crippen LogP contribution in [0.15, 0.2) is 24.3 Å². The van der Waals surface area contributed by atoms with Gasteiger partial charge < -0.3 is 9.47 Å². The maximum atomic E-state index is 11.3. The molecule has 0 N–H and O–H groups in total. The van der Waals surface area contributed by atoms with E-state index in [-0.39, 0.29) is 11.0 Å². The van der Waals surface area contributed by atoms with Crippen LogP contribution in [0.25, 0.3) is 0 Å². The molecular weight excluding hydrogens is 260 g/mol. The molecule has 15 heavy (non-hydrogen) atoms. The predicted octanol–water partition coefficient (Wildman–Crippen LogP) is 2.90. The van der Waals surface area contributed by atoms with Crippen molar-refractivity contribution in [3.05, 3.63) is 35.4 Å². The monoisotopic (exact) mass is 272 g/mol. The fourth-order valence-electron chi connectivity index (χ4n) is 1.12. The number of hydrogen-bond donors (Lipinski definition) is 0. The molecule has 0 aromatic heterocycles. The molecule has 1 unspecified atom stereocenters. The molecule has 1 rings (SSSR count). The average Bonchev–Trinajstić information content (AvgIpc) is 2.28. The zero-order chi connectivity index (χ0) is 11.3. The van der Waals surface area contributed by atoms with E-state index in [9.17, 15) is 4.79 Å². The highest BCUT2D eigenvalue weighted by atomic mass is 79.9. The molecule has 1 aromatic carbocycles. The molecule has 0 radical (unpaired) electrons. The van der Waals surface area contributed by atoms with E-state index in [0.717, 1.165) is 5.56 Å². The molecule has 0 aliphatic heterocycles.